The fourth-order valence-electron chi connectivity index (χ4n) is 4.09. The van der Waals surface area contributed by atoms with Gasteiger partial charge in [0.2, 0.25) is 5.91 Å². The Morgan fingerprint density at radius 2 is 1.68 bits per heavy atom. The number of halogens is 1. The van der Waals surface area contributed by atoms with E-state index in [1.807, 2.05) is 4.90 Å². The van der Waals surface area contributed by atoms with Crippen LogP contribution >= 0.6 is 24.0 Å². The van der Waals surface area contributed by atoms with E-state index in [9.17, 15) is 4.79 Å². The van der Waals surface area contributed by atoms with Crippen molar-refractivity contribution in [2.45, 2.75) is 32.6 Å². The Hall–Kier alpha value is -1.55. The Morgan fingerprint density at radius 1 is 0.968 bits per heavy atom. The highest BCUT2D eigenvalue weighted by molar-refractivity contribution is 14.0. The zero-order valence-electron chi connectivity index (χ0n) is 18.9. The molecule has 1 aromatic rings. The van der Waals surface area contributed by atoms with Crippen LogP contribution in [0.2, 0.25) is 0 Å². The number of anilines is 1. The van der Waals surface area contributed by atoms with Gasteiger partial charge in [0.1, 0.15) is 6.54 Å². The zero-order valence-corrected chi connectivity index (χ0v) is 21.2. The van der Waals surface area contributed by atoms with Crippen molar-refractivity contribution in [3.63, 3.8) is 0 Å². The maximum absolute atomic E-state index is 12.2. The third-order valence-corrected chi connectivity index (χ3v) is 5.86. The second-order valence-corrected chi connectivity index (χ2v) is 8.08. The molecule has 3 rings (SSSR count). The SMILES string of the molecule is CCNC(=NCC(=O)N1CCCC1)NCCCCN1CCN(c2ccccc2)CC1.I. The Labute approximate surface area is 204 Å². The molecule has 2 aliphatic rings. The fourth-order valence-corrected chi connectivity index (χ4v) is 4.09. The van der Waals surface area contributed by atoms with Crippen molar-refractivity contribution >= 4 is 41.5 Å². The first-order valence-corrected chi connectivity index (χ1v) is 11.6. The molecule has 1 aromatic carbocycles. The summed E-state index contributed by atoms with van der Waals surface area (Å²) in [7, 11) is 0. The molecular weight excluding hydrogens is 503 g/mol. The first-order chi connectivity index (χ1) is 14.8. The quantitative estimate of drug-likeness (QED) is 0.217. The molecule has 2 aliphatic heterocycles. The summed E-state index contributed by atoms with van der Waals surface area (Å²) >= 11 is 0. The van der Waals surface area contributed by atoms with Crippen LogP contribution in [0.5, 0.6) is 0 Å². The van der Waals surface area contributed by atoms with Crippen molar-refractivity contribution in [2.75, 3.05) is 70.3 Å². The number of carbonyl (C=O) groups excluding carboxylic acids is 1. The van der Waals surface area contributed by atoms with Crippen molar-refractivity contribution in [3.05, 3.63) is 30.3 Å². The normalized spacial score (nSPS) is 17.4. The lowest BCUT2D eigenvalue weighted by Crippen LogP contribution is -2.46. The second kappa shape index (κ2) is 14.5. The third kappa shape index (κ3) is 8.84. The fraction of sp³-hybridized carbons (Fsp3) is 0.652. The molecule has 0 spiro atoms. The van der Waals surface area contributed by atoms with E-state index in [1.165, 1.54) is 12.1 Å². The lowest BCUT2D eigenvalue weighted by molar-refractivity contribution is -0.128. The van der Waals surface area contributed by atoms with E-state index < -0.39 is 0 Å². The zero-order chi connectivity index (χ0) is 21.0. The van der Waals surface area contributed by atoms with Gasteiger partial charge in [-0.3, -0.25) is 9.69 Å². The largest absolute Gasteiger partial charge is 0.369 e. The number of hydrogen-bond donors (Lipinski definition) is 2. The molecule has 174 valence electrons. The summed E-state index contributed by atoms with van der Waals surface area (Å²) in [4.78, 5) is 23.6. The van der Waals surface area contributed by atoms with Crippen molar-refractivity contribution < 1.29 is 4.79 Å². The van der Waals surface area contributed by atoms with Gasteiger partial charge in [-0.05, 0) is 51.3 Å². The molecule has 2 heterocycles. The molecule has 0 atom stereocenters. The van der Waals surface area contributed by atoms with Gasteiger partial charge in [0, 0.05) is 58.0 Å². The minimum Gasteiger partial charge on any atom is -0.369 e. The van der Waals surface area contributed by atoms with Gasteiger partial charge < -0.3 is 20.4 Å². The Balaban J connectivity index is 0.00000341. The molecule has 2 saturated heterocycles. The lowest BCUT2D eigenvalue weighted by atomic mass is 10.2. The molecule has 0 aliphatic carbocycles. The number of hydrogen-bond acceptors (Lipinski definition) is 4. The van der Waals surface area contributed by atoms with Gasteiger partial charge in [0.25, 0.3) is 0 Å². The number of unbranched alkanes of at least 4 members (excludes halogenated alkanes) is 1. The van der Waals surface area contributed by atoms with Gasteiger partial charge >= 0.3 is 0 Å². The average Bonchev–Trinajstić information content (AvgIpc) is 3.33. The summed E-state index contributed by atoms with van der Waals surface area (Å²) < 4.78 is 0. The summed E-state index contributed by atoms with van der Waals surface area (Å²) in [6.07, 6.45) is 4.51. The summed E-state index contributed by atoms with van der Waals surface area (Å²) in [5.41, 5.74) is 1.33. The number of likely N-dealkylation sites (tertiary alicyclic amines) is 1. The third-order valence-electron chi connectivity index (χ3n) is 5.86. The smallest absolute Gasteiger partial charge is 0.244 e. The Morgan fingerprint density at radius 3 is 2.35 bits per heavy atom. The molecule has 1 amide bonds. The van der Waals surface area contributed by atoms with Gasteiger partial charge in [-0.15, -0.1) is 24.0 Å². The van der Waals surface area contributed by atoms with Gasteiger partial charge in [0.05, 0.1) is 0 Å². The van der Waals surface area contributed by atoms with E-state index in [0.717, 1.165) is 84.1 Å². The van der Waals surface area contributed by atoms with Crippen molar-refractivity contribution in [3.8, 4) is 0 Å². The predicted octanol–water partition coefficient (Wildman–Crippen LogP) is 2.38. The standard InChI is InChI=1S/C23H38N6O.HI/c1-2-24-23(26-20-22(30)29-14-8-9-15-29)25-12-6-7-13-27-16-18-28(19-17-27)21-10-4-3-5-11-21;/h3-5,10-11H,2,6-9,12-20H2,1H3,(H2,24,25,26);1H. The first-order valence-electron chi connectivity index (χ1n) is 11.6. The van der Waals surface area contributed by atoms with Crippen LogP contribution in [0.25, 0.3) is 0 Å². The van der Waals surface area contributed by atoms with Crippen molar-refractivity contribution in [1.82, 2.24) is 20.4 Å². The van der Waals surface area contributed by atoms with E-state index in [2.05, 4.69) is 62.7 Å². The molecular formula is C23H39IN6O. The van der Waals surface area contributed by atoms with E-state index in [4.69, 9.17) is 0 Å². The molecule has 7 nitrogen and oxygen atoms in total. The number of benzene rings is 1. The highest BCUT2D eigenvalue weighted by Gasteiger charge is 2.18. The summed E-state index contributed by atoms with van der Waals surface area (Å²) in [6, 6.07) is 10.7. The van der Waals surface area contributed by atoms with Crippen LogP contribution in [0.1, 0.15) is 32.6 Å². The van der Waals surface area contributed by atoms with Gasteiger partial charge in [-0.25, -0.2) is 4.99 Å². The van der Waals surface area contributed by atoms with E-state index in [1.54, 1.807) is 0 Å². The minimum absolute atomic E-state index is 0. The molecule has 0 bridgehead atoms. The highest BCUT2D eigenvalue weighted by Crippen LogP contribution is 2.15. The van der Waals surface area contributed by atoms with Crippen LogP contribution in [0, 0.1) is 0 Å². The minimum atomic E-state index is 0. The van der Waals surface area contributed by atoms with E-state index >= 15 is 0 Å². The van der Waals surface area contributed by atoms with Gasteiger partial charge in [-0.1, -0.05) is 18.2 Å². The topological polar surface area (TPSA) is 63.2 Å². The molecule has 0 radical (unpaired) electrons. The number of carbonyl (C=O) groups is 1. The molecule has 2 fully saturated rings. The number of nitrogens with one attached hydrogen (secondary N) is 2. The number of aliphatic imine (C=N–C) groups is 1. The van der Waals surface area contributed by atoms with Crippen molar-refractivity contribution in [1.29, 1.82) is 0 Å². The van der Waals surface area contributed by atoms with Gasteiger partial charge in [-0.2, -0.15) is 0 Å². The molecule has 8 heteroatoms. The monoisotopic (exact) mass is 542 g/mol. The number of guanidine groups is 1. The Bertz CT molecular complexity index is 657. The van der Waals surface area contributed by atoms with Crippen molar-refractivity contribution in [2.24, 2.45) is 4.99 Å². The number of piperazine rings is 1. The maximum atomic E-state index is 12.2. The molecule has 31 heavy (non-hydrogen) atoms. The van der Waals surface area contributed by atoms with Crippen LogP contribution in [-0.2, 0) is 4.79 Å². The van der Waals surface area contributed by atoms with Gasteiger partial charge in [0.15, 0.2) is 5.96 Å². The lowest BCUT2D eigenvalue weighted by Gasteiger charge is -2.36. The molecule has 0 aromatic heterocycles. The van der Waals surface area contributed by atoms with E-state index in [0.29, 0.717) is 0 Å². The first kappa shape index (κ1) is 25.7. The maximum Gasteiger partial charge on any atom is 0.244 e. The molecule has 0 saturated carbocycles. The van der Waals surface area contributed by atoms with Crippen LogP contribution in [0.4, 0.5) is 5.69 Å². The Kier molecular flexibility index (Phi) is 12.0. The number of nitrogens with zero attached hydrogens (tertiary/aromatic N) is 4. The van der Waals surface area contributed by atoms with E-state index in [-0.39, 0.29) is 36.4 Å². The summed E-state index contributed by atoms with van der Waals surface area (Å²) in [6.45, 7) is 11.4. The number of para-hydroxylation sites is 1. The van der Waals surface area contributed by atoms with Crippen LogP contribution in [0.15, 0.2) is 35.3 Å². The van der Waals surface area contributed by atoms with Crippen LogP contribution < -0.4 is 15.5 Å². The summed E-state index contributed by atoms with van der Waals surface area (Å²) in [5, 5.41) is 6.62. The second-order valence-electron chi connectivity index (χ2n) is 8.08. The average molecular weight is 543 g/mol. The molecule has 2 N–H and O–H groups in total. The number of amides is 1. The summed E-state index contributed by atoms with van der Waals surface area (Å²) in [5.74, 6) is 0.890. The van der Waals surface area contributed by atoms with Crippen LogP contribution in [-0.4, -0.2) is 87.1 Å². The molecule has 0 unspecified atom stereocenters. The predicted molar refractivity (Wildman–Crippen MR) is 140 cm³/mol. The van der Waals surface area contributed by atoms with Crippen LogP contribution in [0.3, 0.4) is 0 Å². The number of rotatable bonds is 9. The highest BCUT2D eigenvalue weighted by atomic mass is 127.